The molecule has 1 aliphatic heterocycles. The highest BCUT2D eigenvalue weighted by molar-refractivity contribution is 7.99. The van der Waals surface area contributed by atoms with Gasteiger partial charge >= 0.3 is 0 Å². The molecule has 2 aromatic rings. The number of aromatic amines is 1. The van der Waals surface area contributed by atoms with E-state index in [9.17, 15) is 4.79 Å². The second-order valence-electron chi connectivity index (χ2n) is 4.48. The normalized spacial score (nSPS) is 14.0. The van der Waals surface area contributed by atoms with Crippen LogP contribution in [0.2, 0.25) is 0 Å². The van der Waals surface area contributed by atoms with E-state index >= 15 is 0 Å². The molecule has 0 radical (unpaired) electrons. The largest absolute Gasteiger partial charge is 0.454 e. The maximum Gasteiger partial charge on any atom is 0.231 e. The lowest BCUT2D eigenvalue weighted by atomic mass is 10.1. The maximum absolute atomic E-state index is 11.9. The first-order valence-corrected chi connectivity index (χ1v) is 7.38. The van der Waals surface area contributed by atoms with E-state index in [-0.39, 0.29) is 24.5 Å². The lowest BCUT2D eigenvalue weighted by Gasteiger charge is -2.14. The molecule has 0 spiro atoms. The number of nitrogens with one attached hydrogen (secondary N) is 2. The number of nitrogens with zero attached hydrogens (tertiary/aromatic N) is 2. The van der Waals surface area contributed by atoms with Gasteiger partial charge in [-0.1, -0.05) is 17.8 Å². The van der Waals surface area contributed by atoms with Crippen LogP contribution in [0, 0.1) is 0 Å². The molecule has 0 fully saturated rings. The van der Waals surface area contributed by atoms with Gasteiger partial charge in [0.05, 0.1) is 11.8 Å². The highest BCUT2D eigenvalue weighted by Crippen LogP contribution is 2.34. The molecule has 0 bridgehead atoms. The van der Waals surface area contributed by atoms with Crippen molar-refractivity contribution in [2.45, 2.75) is 18.1 Å². The third kappa shape index (κ3) is 3.27. The molecular formula is C13H14N4O3S. The zero-order valence-electron chi connectivity index (χ0n) is 11.3. The van der Waals surface area contributed by atoms with Crippen molar-refractivity contribution in [3.8, 4) is 11.5 Å². The fraction of sp³-hybridized carbons (Fsp3) is 0.308. The summed E-state index contributed by atoms with van der Waals surface area (Å²) in [7, 11) is 0. The number of fused-ring (bicyclic) bond motifs is 1. The van der Waals surface area contributed by atoms with Crippen molar-refractivity contribution in [3.05, 3.63) is 30.1 Å². The molecule has 110 valence electrons. The second-order valence-corrected chi connectivity index (χ2v) is 5.45. The van der Waals surface area contributed by atoms with E-state index in [2.05, 4.69) is 20.5 Å². The fourth-order valence-corrected chi connectivity index (χ4v) is 2.54. The number of carbonyl (C=O) groups is 1. The molecule has 1 amide bonds. The molecule has 1 aromatic carbocycles. The van der Waals surface area contributed by atoms with Gasteiger partial charge in [-0.25, -0.2) is 4.98 Å². The molecule has 0 saturated heterocycles. The average Bonchev–Trinajstić information content (AvgIpc) is 3.15. The van der Waals surface area contributed by atoms with Crippen LogP contribution in [0.1, 0.15) is 18.5 Å². The summed E-state index contributed by atoms with van der Waals surface area (Å²) in [6.45, 7) is 2.17. The Kier molecular flexibility index (Phi) is 3.96. The lowest BCUT2D eigenvalue weighted by molar-refractivity contribution is -0.119. The van der Waals surface area contributed by atoms with Crippen molar-refractivity contribution < 1.29 is 14.3 Å². The Morgan fingerprint density at radius 2 is 2.33 bits per heavy atom. The monoisotopic (exact) mass is 306 g/mol. The van der Waals surface area contributed by atoms with E-state index in [0.717, 1.165) is 11.3 Å². The van der Waals surface area contributed by atoms with E-state index < -0.39 is 0 Å². The van der Waals surface area contributed by atoms with Crippen LogP contribution in [0.3, 0.4) is 0 Å². The van der Waals surface area contributed by atoms with Crippen LogP contribution in [-0.2, 0) is 4.79 Å². The number of ether oxygens (including phenoxy) is 2. The first-order valence-electron chi connectivity index (χ1n) is 6.39. The third-order valence-corrected chi connectivity index (χ3v) is 3.88. The van der Waals surface area contributed by atoms with E-state index in [1.807, 2.05) is 25.1 Å². The second kappa shape index (κ2) is 6.04. The zero-order chi connectivity index (χ0) is 14.7. The highest BCUT2D eigenvalue weighted by atomic mass is 32.2. The number of thioether (sulfide) groups is 1. The van der Waals surface area contributed by atoms with E-state index in [4.69, 9.17) is 9.47 Å². The highest BCUT2D eigenvalue weighted by Gasteiger charge is 2.17. The summed E-state index contributed by atoms with van der Waals surface area (Å²) in [4.78, 5) is 15.9. The van der Waals surface area contributed by atoms with Crippen LogP contribution >= 0.6 is 11.8 Å². The van der Waals surface area contributed by atoms with Gasteiger partial charge in [-0.15, -0.1) is 0 Å². The van der Waals surface area contributed by atoms with Gasteiger partial charge in [-0.3, -0.25) is 9.89 Å². The van der Waals surface area contributed by atoms with Crippen molar-refractivity contribution in [1.29, 1.82) is 0 Å². The molecule has 7 nitrogen and oxygen atoms in total. The number of rotatable bonds is 5. The molecule has 8 heteroatoms. The topological polar surface area (TPSA) is 89.1 Å². The molecule has 0 saturated carbocycles. The Balaban J connectivity index is 1.55. The summed E-state index contributed by atoms with van der Waals surface area (Å²) in [5.74, 6) is 1.66. The quantitative estimate of drug-likeness (QED) is 0.814. The van der Waals surface area contributed by atoms with Crippen molar-refractivity contribution in [3.63, 3.8) is 0 Å². The van der Waals surface area contributed by atoms with Gasteiger partial charge in [0.2, 0.25) is 12.7 Å². The summed E-state index contributed by atoms with van der Waals surface area (Å²) in [5.41, 5.74) is 0.970. The fourth-order valence-electron chi connectivity index (χ4n) is 1.95. The van der Waals surface area contributed by atoms with Crippen molar-refractivity contribution in [1.82, 2.24) is 20.5 Å². The van der Waals surface area contributed by atoms with Gasteiger partial charge in [-0.2, -0.15) is 5.10 Å². The minimum Gasteiger partial charge on any atom is -0.454 e. The summed E-state index contributed by atoms with van der Waals surface area (Å²) in [6.07, 6.45) is 1.41. The van der Waals surface area contributed by atoms with Crippen LogP contribution in [0.4, 0.5) is 0 Å². The molecule has 2 heterocycles. The van der Waals surface area contributed by atoms with Crippen LogP contribution in [-0.4, -0.2) is 33.6 Å². The van der Waals surface area contributed by atoms with Crippen LogP contribution in [0.25, 0.3) is 0 Å². The molecule has 1 aromatic heterocycles. The first kappa shape index (κ1) is 13.7. The van der Waals surface area contributed by atoms with E-state index in [1.165, 1.54) is 18.1 Å². The maximum atomic E-state index is 11.9. The SMILES string of the molecule is C[C@H](NC(=O)CSc1ncn[nH]1)c1ccc2c(c1)OCO2. The Labute approximate surface area is 125 Å². The molecule has 3 rings (SSSR count). The summed E-state index contributed by atoms with van der Waals surface area (Å²) in [5, 5.41) is 9.98. The number of carbonyl (C=O) groups excluding carboxylic acids is 1. The van der Waals surface area contributed by atoms with Crippen molar-refractivity contribution in [2.24, 2.45) is 0 Å². The molecule has 2 N–H and O–H groups in total. The number of amides is 1. The first-order chi connectivity index (χ1) is 10.2. The van der Waals surface area contributed by atoms with Crippen molar-refractivity contribution in [2.75, 3.05) is 12.5 Å². The Morgan fingerprint density at radius 3 is 3.14 bits per heavy atom. The van der Waals surface area contributed by atoms with Crippen LogP contribution < -0.4 is 14.8 Å². The van der Waals surface area contributed by atoms with Gasteiger partial charge < -0.3 is 14.8 Å². The Hall–Kier alpha value is -2.22. The van der Waals surface area contributed by atoms with Crippen molar-refractivity contribution >= 4 is 17.7 Å². The number of aromatic nitrogens is 3. The number of H-pyrrole nitrogens is 1. The van der Waals surface area contributed by atoms with Gasteiger partial charge in [0.15, 0.2) is 16.7 Å². The third-order valence-electron chi connectivity index (χ3n) is 3.01. The standard InChI is InChI=1S/C13H14N4O3S/c1-8(9-2-3-10-11(4-9)20-7-19-10)16-12(18)5-21-13-14-6-15-17-13/h2-4,6,8H,5,7H2,1H3,(H,16,18)(H,14,15,17)/t8-/m0/s1. The number of benzene rings is 1. The molecular weight excluding hydrogens is 292 g/mol. The van der Waals surface area contributed by atoms with Gasteiger partial charge in [0.1, 0.15) is 6.33 Å². The van der Waals surface area contributed by atoms with E-state index in [0.29, 0.717) is 10.9 Å². The molecule has 21 heavy (non-hydrogen) atoms. The number of hydrogen-bond acceptors (Lipinski definition) is 6. The molecule has 0 unspecified atom stereocenters. The molecule has 1 aliphatic rings. The molecule has 1 atom stereocenters. The summed E-state index contributed by atoms with van der Waals surface area (Å²) >= 11 is 1.31. The lowest BCUT2D eigenvalue weighted by Crippen LogP contribution is -2.28. The van der Waals surface area contributed by atoms with Gasteiger partial charge in [0.25, 0.3) is 0 Å². The Bertz CT molecular complexity index is 632. The summed E-state index contributed by atoms with van der Waals surface area (Å²) in [6, 6.07) is 5.55. The average molecular weight is 306 g/mol. The minimum atomic E-state index is -0.109. The zero-order valence-corrected chi connectivity index (χ0v) is 12.1. The Morgan fingerprint density at radius 1 is 1.48 bits per heavy atom. The number of hydrogen-bond donors (Lipinski definition) is 2. The predicted octanol–water partition coefficient (Wildman–Crippen LogP) is 1.50. The van der Waals surface area contributed by atoms with Crippen LogP contribution in [0.5, 0.6) is 11.5 Å². The van der Waals surface area contributed by atoms with Crippen LogP contribution in [0.15, 0.2) is 29.7 Å². The van der Waals surface area contributed by atoms with Gasteiger partial charge in [0, 0.05) is 0 Å². The summed E-state index contributed by atoms with van der Waals surface area (Å²) < 4.78 is 10.6. The van der Waals surface area contributed by atoms with Gasteiger partial charge in [-0.05, 0) is 24.6 Å². The predicted molar refractivity (Wildman–Crippen MR) is 76.2 cm³/mol. The smallest absolute Gasteiger partial charge is 0.231 e. The molecule has 0 aliphatic carbocycles. The minimum absolute atomic E-state index is 0.0680. The van der Waals surface area contributed by atoms with E-state index in [1.54, 1.807) is 0 Å².